The molecule has 0 radical (unpaired) electrons. The van der Waals surface area contributed by atoms with Crippen molar-refractivity contribution < 1.29 is 0 Å². The van der Waals surface area contributed by atoms with Crippen LogP contribution in [0.3, 0.4) is 0 Å². The van der Waals surface area contributed by atoms with Gasteiger partial charge in [-0.25, -0.2) is 0 Å². The van der Waals surface area contributed by atoms with Gasteiger partial charge in [-0.3, -0.25) is 0 Å². The summed E-state index contributed by atoms with van der Waals surface area (Å²) in [5.41, 5.74) is 26.6. The van der Waals surface area contributed by atoms with Crippen molar-refractivity contribution in [3.05, 3.63) is 326 Å². The SMILES string of the molecule is Cc1ccc(-c2ccccc2-c2cccc(-c3ccccc3)c2)cc1.Cc1ccccc1-c1cccc(-c2cccc(-c3ccccc3)c2)c1.Cc1ccccc1-c1cccc(-c2ccccc2-c2ccccc2)c1. The zero-order valence-electron chi connectivity index (χ0n) is 42.9. The Balaban J connectivity index is 0.000000128. The largest absolute Gasteiger partial charge is 0.0622 e. The molecular formula is C75H60. The molecule has 0 saturated heterocycles. The Labute approximate surface area is 444 Å². The fourth-order valence-corrected chi connectivity index (χ4v) is 9.84. The van der Waals surface area contributed by atoms with E-state index in [0.29, 0.717) is 0 Å². The number of hydrogen-bond donors (Lipinski definition) is 0. The van der Waals surface area contributed by atoms with Gasteiger partial charge in [-0.15, -0.1) is 0 Å². The second-order valence-electron chi connectivity index (χ2n) is 19.0. The first-order chi connectivity index (χ1) is 36.9. The lowest BCUT2D eigenvalue weighted by Gasteiger charge is -2.12. The molecule has 12 aromatic carbocycles. The highest BCUT2D eigenvalue weighted by molar-refractivity contribution is 5.87. The fraction of sp³-hybridized carbons (Fsp3) is 0.0400. The molecule has 0 amide bonds. The van der Waals surface area contributed by atoms with Crippen molar-refractivity contribution >= 4 is 0 Å². The first-order valence-electron chi connectivity index (χ1n) is 25.9. The molecule has 0 aromatic heterocycles. The van der Waals surface area contributed by atoms with Gasteiger partial charge in [0.15, 0.2) is 0 Å². The first kappa shape index (κ1) is 49.2. The fourth-order valence-electron chi connectivity index (χ4n) is 9.84. The van der Waals surface area contributed by atoms with Gasteiger partial charge in [0.1, 0.15) is 0 Å². The average molecular weight is 961 g/mol. The van der Waals surface area contributed by atoms with Gasteiger partial charge in [-0.2, -0.15) is 0 Å². The second kappa shape index (κ2) is 23.9. The highest BCUT2D eigenvalue weighted by Crippen LogP contribution is 2.37. The predicted molar refractivity (Wildman–Crippen MR) is 322 cm³/mol. The third kappa shape index (κ3) is 12.1. The molecule has 0 nitrogen and oxygen atoms in total. The zero-order valence-corrected chi connectivity index (χ0v) is 42.9. The lowest BCUT2D eigenvalue weighted by atomic mass is 9.92. The van der Waals surface area contributed by atoms with E-state index in [2.05, 4.69) is 330 Å². The Morgan fingerprint density at radius 1 is 0.147 bits per heavy atom. The molecule has 12 rings (SSSR count). The predicted octanol–water partition coefficient (Wildman–Crippen LogP) is 21.0. The van der Waals surface area contributed by atoms with Crippen LogP contribution in [0.25, 0.3) is 100 Å². The van der Waals surface area contributed by atoms with E-state index in [4.69, 9.17) is 0 Å². The van der Waals surface area contributed by atoms with Crippen molar-refractivity contribution in [1.29, 1.82) is 0 Å². The third-order valence-electron chi connectivity index (χ3n) is 13.8. The van der Waals surface area contributed by atoms with Crippen LogP contribution in [0.4, 0.5) is 0 Å². The Morgan fingerprint density at radius 3 is 0.747 bits per heavy atom. The monoisotopic (exact) mass is 960 g/mol. The van der Waals surface area contributed by atoms with E-state index in [-0.39, 0.29) is 0 Å². The maximum Gasteiger partial charge on any atom is -0.0105 e. The van der Waals surface area contributed by atoms with E-state index >= 15 is 0 Å². The molecule has 0 aliphatic carbocycles. The van der Waals surface area contributed by atoms with Crippen LogP contribution in [0.2, 0.25) is 0 Å². The zero-order chi connectivity index (χ0) is 51.2. The van der Waals surface area contributed by atoms with Gasteiger partial charge in [0.2, 0.25) is 0 Å². The lowest BCUT2D eigenvalue weighted by molar-refractivity contribution is 1.46. The minimum absolute atomic E-state index is 1.25. The summed E-state index contributed by atoms with van der Waals surface area (Å²) in [6, 6.07) is 110. The molecule has 0 atom stereocenters. The molecule has 75 heavy (non-hydrogen) atoms. The van der Waals surface area contributed by atoms with Crippen molar-refractivity contribution in [1.82, 2.24) is 0 Å². The Kier molecular flexibility index (Phi) is 15.7. The molecule has 0 bridgehead atoms. The number of hydrogen-bond acceptors (Lipinski definition) is 0. The molecule has 360 valence electrons. The Hall–Kier alpha value is -9.36. The highest BCUT2D eigenvalue weighted by atomic mass is 14.2. The standard InChI is InChI=1S/3C25H20/c1-19-9-5-6-16-25(19)24-15-8-14-23(18-24)22-13-7-12-21(17-22)20-10-3-2-4-11-20;1-19-10-5-6-15-23(19)21-13-9-14-22(18-21)25-17-8-7-16-24(25)20-11-3-2-4-12-20;1-19-14-16-21(17-15-19)24-12-5-6-13-25(24)23-11-7-10-22(18-23)20-8-3-2-4-9-20/h3*2-18H,1H3. The summed E-state index contributed by atoms with van der Waals surface area (Å²) in [4.78, 5) is 0. The van der Waals surface area contributed by atoms with Crippen LogP contribution in [-0.2, 0) is 0 Å². The smallest absolute Gasteiger partial charge is 0.0105 e. The van der Waals surface area contributed by atoms with Gasteiger partial charge in [-0.1, -0.05) is 291 Å². The molecule has 0 saturated carbocycles. The van der Waals surface area contributed by atoms with Crippen molar-refractivity contribution in [2.24, 2.45) is 0 Å². The van der Waals surface area contributed by atoms with Gasteiger partial charge in [0.25, 0.3) is 0 Å². The van der Waals surface area contributed by atoms with Gasteiger partial charge >= 0.3 is 0 Å². The quantitative estimate of drug-likeness (QED) is 0.135. The van der Waals surface area contributed by atoms with Crippen molar-refractivity contribution in [3.63, 3.8) is 0 Å². The molecule has 0 heteroatoms. The molecule has 0 heterocycles. The molecule has 0 aliphatic rings. The topological polar surface area (TPSA) is 0 Å². The van der Waals surface area contributed by atoms with Crippen LogP contribution in [-0.4, -0.2) is 0 Å². The van der Waals surface area contributed by atoms with Crippen molar-refractivity contribution in [3.8, 4) is 100 Å². The summed E-state index contributed by atoms with van der Waals surface area (Å²) in [6.07, 6.45) is 0. The minimum atomic E-state index is 1.25. The summed E-state index contributed by atoms with van der Waals surface area (Å²) in [5, 5.41) is 0. The van der Waals surface area contributed by atoms with E-state index < -0.39 is 0 Å². The number of rotatable bonds is 9. The second-order valence-corrected chi connectivity index (χ2v) is 19.0. The van der Waals surface area contributed by atoms with Crippen molar-refractivity contribution in [2.45, 2.75) is 20.8 Å². The molecule has 0 spiro atoms. The molecule has 12 aromatic rings. The van der Waals surface area contributed by atoms with E-state index in [1.807, 2.05) is 0 Å². The highest BCUT2D eigenvalue weighted by Gasteiger charge is 2.11. The van der Waals surface area contributed by atoms with E-state index in [0.717, 1.165) is 0 Å². The molecule has 0 N–H and O–H groups in total. The molecule has 0 unspecified atom stereocenters. The van der Waals surface area contributed by atoms with E-state index in [1.165, 1.54) is 117 Å². The number of benzene rings is 12. The maximum atomic E-state index is 2.30. The minimum Gasteiger partial charge on any atom is -0.0622 e. The van der Waals surface area contributed by atoms with Crippen LogP contribution < -0.4 is 0 Å². The van der Waals surface area contributed by atoms with E-state index in [1.54, 1.807) is 0 Å². The summed E-state index contributed by atoms with van der Waals surface area (Å²) >= 11 is 0. The molecule has 0 fully saturated rings. The summed E-state index contributed by atoms with van der Waals surface area (Å²) in [5.74, 6) is 0. The van der Waals surface area contributed by atoms with Crippen LogP contribution in [0, 0.1) is 20.8 Å². The van der Waals surface area contributed by atoms with E-state index in [9.17, 15) is 0 Å². The van der Waals surface area contributed by atoms with Crippen LogP contribution >= 0.6 is 0 Å². The Morgan fingerprint density at radius 2 is 0.373 bits per heavy atom. The summed E-state index contributed by atoms with van der Waals surface area (Å²) < 4.78 is 0. The normalized spacial score (nSPS) is 10.6. The molecular weight excluding hydrogens is 901 g/mol. The Bertz CT molecular complexity index is 3770. The van der Waals surface area contributed by atoms with Gasteiger partial charge in [0.05, 0.1) is 0 Å². The third-order valence-corrected chi connectivity index (χ3v) is 13.8. The van der Waals surface area contributed by atoms with Crippen molar-refractivity contribution in [2.75, 3.05) is 0 Å². The summed E-state index contributed by atoms with van der Waals surface area (Å²) in [6.45, 7) is 6.46. The van der Waals surface area contributed by atoms with Gasteiger partial charge < -0.3 is 0 Å². The van der Waals surface area contributed by atoms with Crippen LogP contribution in [0.15, 0.2) is 309 Å². The summed E-state index contributed by atoms with van der Waals surface area (Å²) in [7, 11) is 0. The lowest BCUT2D eigenvalue weighted by Crippen LogP contribution is -1.87. The molecule has 0 aliphatic heterocycles. The van der Waals surface area contributed by atoms with Gasteiger partial charge in [-0.05, 0) is 156 Å². The first-order valence-corrected chi connectivity index (χ1v) is 25.9. The maximum absolute atomic E-state index is 2.30. The van der Waals surface area contributed by atoms with Crippen LogP contribution in [0.5, 0.6) is 0 Å². The average Bonchev–Trinajstić information content (AvgIpc) is 3.49. The van der Waals surface area contributed by atoms with Gasteiger partial charge in [0, 0.05) is 0 Å². The number of aryl methyl sites for hydroxylation is 3. The van der Waals surface area contributed by atoms with Crippen LogP contribution in [0.1, 0.15) is 16.7 Å².